The number of carboxylic acids is 1. The minimum atomic E-state index is -0.776. The van der Waals surface area contributed by atoms with E-state index in [9.17, 15) is 9.90 Å². The Kier molecular flexibility index (Phi) is 8.42. The summed E-state index contributed by atoms with van der Waals surface area (Å²) in [6.07, 6.45) is 6.36. The summed E-state index contributed by atoms with van der Waals surface area (Å²) in [4.78, 5) is 10.5. The summed E-state index contributed by atoms with van der Waals surface area (Å²) in [5.74, 6) is 0.00977. The van der Waals surface area contributed by atoms with Gasteiger partial charge < -0.3 is 20.1 Å². The van der Waals surface area contributed by atoms with Crippen molar-refractivity contribution in [2.24, 2.45) is 11.8 Å². The lowest BCUT2D eigenvalue weighted by atomic mass is 9.92. The van der Waals surface area contributed by atoms with Crippen LogP contribution < -0.4 is 4.74 Å². The van der Waals surface area contributed by atoms with Gasteiger partial charge in [-0.05, 0) is 49.3 Å². The Morgan fingerprint density at radius 2 is 1.96 bits per heavy atom. The van der Waals surface area contributed by atoms with Gasteiger partial charge in [0.1, 0.15) is 5.75 Å². The Bertz CT molecular complexity index is 586. The first-order chi connectivity index (χ1) is 12.5. The molecule has 1 aromatic carbocycles. The van der Waals surface area contributed by atoms with Crippen LogP contribution in [0.4, 0.5) is 0 Å². The zero-order valence-electron chi connectivity index (χ0n) is 14.8. The van der Waals surface area contributed by atoms with Crippen LogP contribution in [0.15, 0.2) is 36.4 Å². The van der Waals surface area contributed by atoms with Crippen LogP contribution in [0.3, 0.4) is 0 Å². The zero-order chi connectivity index (χ0) is 18.9. The fourth-order valence-electron chi connectivity index (χ4n) is 3.32. The molecule has 6 heteroatoms. The molecule has 1 aliphatic carbocycles. The molecule has 1 saturated carbocycles. The van der Waals surface area contributed by atoms with Gasteiger partial charge in [-0.1, -0.05) is 24.3 Å². The van der Waals surface area contributed by atoms with Crippen molar-refractivity contribution in [3.8, 4) is 5.75 Å². The highest BCUT2D eigenvalue weighted by atomic mass is 35.5. The number of unbranched alkanes of at least 4 members (excludes halogenated alkanes) is 1. The van der Waals surface area contributed by atoms with E-state index in [1.165, 1.54) is 0 Å². The molecule has 5 nitrogen and oxygen atoms in total. The van der Waals surface area contributed by atoms with Gasteiger partial charge in [0.15, 0.2) is 0 Å². The molecule has 0 bridgehead atoms. The predicted molar refractivity (Wildman–Crippen MR) is 100 cm³/mol. The molecule has 0 heterocycles. The van der Waals surface area contributed by atoms with E-state index < -0.39 is 12.1 Å². The first-order valence-electron chi connectivity index (χ1n) is 9.02. The maximum absolute atomic E-state index is 10.5. The van der Waals surface area contributed by atoms with E-state index in [1.807, 2.05) is 36.4 Å². The average Bonchev–Trinajstić information content (AvgIpc) is 2.89. The van der Waals surface area contributed by atoms with Crippen LogP contribution in [0.5, 0.6) is 5.75 Å². The summed E-state index contributed by atoms with van der Waals surface area (Å²) in [7, 11) is 0. The number of aliphatic hydroxyl groups excluding tert-OH is 2. The minimum absolute atomic E-state index is 0.00355. The van der Waals surface area contributed by atoms with Crippen LogP contribution in [0.25, 0.3) is 0 Å². The quantitative estimate of drug-likeness (QED) is 0.328. The van der Waals surface area contributed by atoms with Crippen LogP contribution in [0.2, 0.25) is 0 Å². The van der Waals surface area contributed by atoms with E-state index in [0.717, 1.165) is 18.4 Å². The number of benzene rings is 1. The standard InChI is InChI=1S/C20H27ClO5/c21-18-11-19(23)17(13-26-15-9-7-14(12-22)8-10-15)16(18)5-3-1-2-4-6-20(24)25/h1,3,7-10,16-19,22-23H,2,4-6,11-13H2,(H,24,25)/b3-1-/t16-,17-,18?,19-/m1/s1. The summed E-state index contributed by atoms with van der Waals surface area (Å²) < 4.78 is 5.82. The molecule has 3 N–H and O–H groups in total. The third-order valence-corrected chi connectivity index (χ3v) is 5.36. The van der Waals surface area contributed by atoms with Crippen molar-refractivity contribution >= 4 is 17.6 Å². The monoisotopic (exact) mass is 382 g/mol. The molecule has 0 saturated heterocycles. The SMILES string of the molecule is O=C(O)CCC/C=C\C[C@H]1C(Cl)C[C@@H](O)[C@@H]1COc1ccc(CO)cc1. The Morgan fingerprint density at radius 3 is 2.62 bits per heavy atom. The van der Waals surface area contributed by atoms with Gasteiger partial charge in [-0.3, -0.25) is 4.79 Å². The first kappa shape index (κ1) is 20.7. The maximum atomic E-state index is 10.5. The third-order valence-electron chi connectivity index (χ3n) is 4.86. The average molecular weight is 383 g/mol. The largest absolute Gasteiger partial charge is 0.493 e. The lowest BCUT2D eigenvalue weighted by Crippen LogP contribution is -2.27. The Morgan fingerprint density at radius 1 is 1.23 bits per heavy atom. The molecule has 0 radical (unpaired) electrons. The van der Waals surface area contributed by atoms with Crippen molar-refractivity contribution in [2.45, 2.75) is 50.2 Å². The molecular weight excluding hydrogens is 356 g/mol. The maximum Gasteiger partial charge on any atom is 0.303 e. The van der Waals surface area contributed by atoms with Gasteiger partial charge in [-0.15, -0.1) is 11.6 Å². The number of hydrogen-bond acceptors (Lipinski definition) is 4. The van der Waals surface area contributed by atoms with Gasteiger partial charge in [0.25, 0.3) is 0 Å². The third kappa shape index (κ3) is 6.31. The fourth-order valence-corrected chi connectivity index (χ4v) is 3.79. The van der Waals surface area contributed by atoms with E-state index in [2.05, 4.69) is 0 Å². The molecular formula is C20H27ClO5. The molecule has 1 fully saturated rings. The molecule has 2 rings (SSSR count). The number of carboxylic acid groups (broad SMARTS) is 1. The molecule has 144 valence electrons. The molecule has 26 heavy (non-hydrogen) atoms. The molecule has 0 amide bonds. The molecule has 1 unspecified atom stereocenters. The van der Waals surface area contributed by atoms with E-state index >= 15 is 0 Å². The van der Waals surface area contributed by atoms with Crippen molar-refractivity contribution in [1.82, 2.24) is 0 Å². The molecule has 4 atom stereocenters. The second kappa shape index (κ2) is 10.6. The highest BCUT2D eigenvalue weighted by Gasteiger charge is 2.41. The Balaban J connectivity index is 1.83. The predicted octanol–water partition coefficient (Wildman–Crippen LogP) is 3.36. The Labute approximate surface area is 159 Å². The summed E-state index contributed by atoms with van der Waals surface area (Å²) in [6.45, 7) is 0.386. The lowest BCUT2D eigenvalue weighted by Gasteiger charge is -2.22. The summed E-state index contributed by atoms with van der Waals surface area (Å²) in [6, 6.07) is 7.23. The fraction of sp³-hybridized carbons (Fsp3) is 0.550. The zero-order valence-corrected chi connectivity index (χ0v) is 15.5. The minimum Gasteiger partial charge on any atom is -0.493 e. The van der Waals surface area contributed by atoms with Gasteiger partial charge in [0.05, 0.1) is 19.3 Å². The molecule has 0 spiro atoms. The van der Waals surface area contributed by atoms with Crippen LogP contribution >= 0.6 is 11.6 Å². The summed E-state index contributed by atoms with van der Waals surface area (Å²) in [5.41, 5.74) is 0.824. The number of halogens is 1. The number of allylic oxidation sites excluding steroid dienone is 2. The smallest absolute Gasteiger partial charge is 0.303 e. The number of carbonyl (C=O) groups is 1. The van der Waals surface area contributed by atoms with Gasteiger partial charge in [0.2, 0.25) is 0 Å². The Hall–Kier alpha value is -1.56. The topological polar surface area (TPSA) is 87.0 Å². The van der Waals surface area contributed by atoms with Crippen molar-refractivity contribution in [1.29, 1.82) is 0 Å². The van der Waals surface area contributed by atoms with Gasteiger partial charge in [-0.25, -0.2) is 0 Å². The number of alkyl halides is 1. The van der Waals surface area contributed by atoms with Crippen molar-refractivity contribution in [3.05, 3.63) is 42.0 Å². The van der Waals surface area contributed by atoms with E-state index in [-0.39, 0.29) is 30.2 Å². The normalized spacial score (nSPS) is 25.7. The lowest BCUT2D eigenvalue weighted by molar-refractivity contribution is -0.137. The molecule has 0 aliphatic heterocycles. The van der Waals surface area contributed by atoms with Crippen molar-refractivity contribution in [2.75, 3.05) is 6.61 Å². The second-order valence-corrected chi connectivity index (χ2v) is 7.31. The summed E-state index contributed by atoms with van der Waals surface area (Å²) in [5, 5.41) is 27.9. The van der Waals surface area contributed by atoms with E-state index in [0.29, 0.717) is 25.2 Å². The van der Waals surface area contributed by atoms with Crippen LogP contribution in [-0.4, -0.2) is 39.4 Å². The van der Waals surface area contributed by atoms with E-state index in [1.54, 1.807) is 0 Å². The van der Waals surface area contributed by atoms with Gasteiger partial charge in [-0.2, -0.15) is 0 Å². The van der Waals surface area contributed by atoms with Crippen LogP contribution in [0, 0.1) is 11.8 Å². The summed E-state index contributed by atoms with van der Waals surface area (Å²) >= 11 is 6.42. The highest BCUT2D eigenvalue weighted by molar-refractivity contribution is 6.21. The van der Waals surface area contributed by atoms with Crippen LogP contribution in [0.1, 0.15) is 37.7 Å². The molecule has 1 aliphatic rings. The van der Waals surface area contributed by atoms with Crippen molar-refractivity contribution < 1.29 is 24.9 Å². The first-order valence-corrected chi connectivity index (χ1v) is 9.46. The number of hydrogen-bond donors (Lipinski definition) is 3. The van der Waals surface area contributed by atoms with Crippen LogP contribution in [-0.2, 0) is 11.4 Å². The van der Waals surface area contributed by atoms with Gasteiger partial charge >= 0.3 is 5.97 Å². The number of ether oxygens (including phenoxy) is 1. The molecule has 0 aromatic heterocycles. The van der Waals surface area contributed by atoms with E-state index in [4.69, 9.17) is 26.6 Å². The van der Waals surface area contributed by atoms with Crippen molar-refractivity contribution in [3.63, 3.8) is 0 Å². The number of aliphatic carboxylic acids is 1. The highest BCUT2D eigenvalue weighted by Crippen LogP contribution is 2.39. The second-order valence-electron chi connectivity index (χ2n) is 6.75. The number of rotatable bonds is 10. The van der Waals surface area contributed by atoms with Gasteiger partial charge in [0, 0.05) is 17.7 Å². The molecule has 1 aromatic rings. The number of aliphatic hydroxyl groups is 2.